The van der Waals surface area contributed by atoms with Crippen LogP contribution in [0.25, 0.3) is 11.1 Å². The fraction of sp³-hybridized carbons (Fsp3) is 0.455. The minimum absolute atomic E-state index is 0.0104. The van der Waals surface area contributed by atoms with Crippen molar-refractivity contribution < 1.29 is 13.5 Å². The van der Waals surface area contributed by atoms with Crippen molar-refractivity contribution in [1.82, 2.24) is 19.0 Å². The molecule has 0 spiro atoms. The highest BCUT2D eigenvalue weighted by Gasteiger charge is 2.37. The molecular formula is C11H14N4O3S. The highest BCUT2D eigenvalue weighted by Crippen LogP contribution is 2.30. The van der Waals surface area contributed by atoms with Crippen molar-refractivity contribution in [1.29, 1.82) is 0 Å². The average molecular weight is 282 g/mol. The smallest absolute Gasteiger partial charge is 0.256 e. The summed E-state index contributed by atoms with van der Waals surface area (Å²) in [7, 11) is -3.32. The largest absolute Gasteiger partial charge is 0.394 e. The minimum Gasteiger partial charge on any atom is -0.394 e. The Hall–Kier alpha value is -1.67. The molecule has 1 N–H and O–H groups in total. The van der Waals surface area contributed by atoms with Gasteiger partial charge < -0.3 is 5.11 Å². The van der Waals surface area contributed by atoms with Crippen LogP contribution in [0.3, 0.4) is 0 Å². The summed E-state index contributed by atoms with van der Waals surface area (Å²) in [4.78, 5) is 0. The van der Waals surface area contributed by atoms with E-state index < -0.39 is 10.0 Å². The summed E-state index contributed by atoms with van der Waals surface area (Å²) in [6.45, 7) is 0.422. The molecule has 1 fully saturated rings. The maximum Gasteiger partial charge on any atom is 0.256 e. The normalized spacial score (nSPS) is 15.8. The van der Waals surface area contributed by atoms with Crippen LogP contribution in [-0.4, -0.2) is 44.3 Å². The number of aromatic nitrogens is 4. The molecule has 1 saturated carbocycles. The van der Waals surface area contributed by atoms with Crippen LogP contribution in [0.5, 0.6) is 0 Å². The van der Waals surface area contributed by atoms with Gasteiger partial charge in [0.05, 0.1) is 37.0 Å². The Morgan fingerprint density at radius 3 is 2.58 bits per heavy atom. The zero-order chi connectivity index (χ0) is 13.5. The molecular weight excluding hydrogens is 268 g/mol. The third-order valence-electron chi connectivity index (χ3n) is 3.06. The van der Waals surface area contributed by atoms with Gasteiger partial charge in [-0.2, -0.15) is 14.3 Å². The van der Waals surface area contributed by atoms with Crippen LogP contribution in [-0.2, 0) is 16.6 Å². The summed E-state index contributed by atoms with van der Waals surface area (Å²) in [6.07, 6.45) is 7.83. The standard InChI is InChI=1S/C11H14N4O3S/c16-4-3-14-7-9(5-12-14)10-6-13-15(8-10)19(17,18)11-1-2-11/h5-8,11,16H,1-4H2. The van der Waals surface area contributed by atoms with Gasteiger partial charge in [0.2, 0.25) is 0 Å². The predicted molar refractivity (Wildman–Crippen MR) is 67.9 cm³/mol. The van der Waals surface area contributed by atoms with Gasteiger partial charge in [-0.15, -0.1) is 0 Å². The van der Waals surface area contributed by atoms with E-state index in [0.717, 1.165) is 9.65 Å². The van der Waals surface area contributed by atoms with E-state index in [0.29, 0.717) is 24.9 Å². The van der Waals surface area contributed by atoms with Gasteiger partial charge >= 0.3 is 0 Å². The van der Waals surface area contributed by atoms with Gasteiger partial charge in [0.25, 0.3) is 10.0 Å². The second-order valence-electron chi connectivity index (χ2n) is 4.56. The van der Waals surface area contributed by atoms with Crippen LogP contribution < -0.4 is 0 Å². The van der Waals surface area contributed by atoms with Crippen molar-refractivity contribution in [2.45, 2.75) is 24.6 Å². The first kappa shape index (κ1) is 12.4. The Bertz CT molecular complexity index is 684. The van der Waals surface area contributed by atoms with Crippen molar-refractivity contribution >= 4 is 10.0 Å². The van der Waals surface area contributed by atoms with E-state index in [-0.39, 0.29) is 11.9 Å². The highest BCUT2D eigenvalue weighted by atomic mass is 32.2. The number of nitrogens with zero attached hydrogens (tertiary/aromatic N) is 4. The SMILES string of the molecule is O=S(=O)(C1CC1)n1cc(-c2cnn(CCO)c2)cn1. The van der Waals surface area contributed by atoms with Gasteiger partial charge in [-0.1, -0.05) is 0 Å². The molecule has 3 rings (SSSR count). The summed E-state index contributed by atoms with van der Waals surface area (Å²) < 4.78 is 26.6. The number of aliphatic hydroxyl groups is 1. The van der Waals surface area contributed by atoms with Crippen LogP contribution >= 0.6 is 0 Å². The molecule has 0 aromatic carbocycles. The maximum atomic E-state index is 12.0. The molecule has 1 aliphatic carbocycles. The molecule has 19 heavy (non-hydrogen) atoms. The van der Waals surface area contributed by atoms with Crippen LogP contribution in [0.15, 0.2) is 24.8 Å². The first-order chi connectivity index (χ1) is 9.11. The lowest BCUT2D eigenvalue weighted by Gasteiger charge is -2.00. The predicted octanol–water partition coefficient (Wildman–Crippen LogP) is 0.0792. The summed E-state index contributed by atoms with van der Waals surface area (Å²) in [5.41, 5.74) is 1.49. The first-order valence-electron chi connectivity index (χ1n) is 6.04. The lowest BCUT2D eigenvalue weighted by molar-refractivity contribution is 0.269. The molecule has 0 aliphatic heterocycles. The van der Waals surface area contributed by atoms with E-state index in [2.05, 4.69) is 10.2 Å². The number of hydrogen-bond acceptors (Lipinski definition) is 5. The van der Waals surface area contributed by atoms with Gasteiger partial charge in [-0.25, -0.2) is 8.42 Å². The summed E-state index contributed by atoms with van der Waals surface area (Å²) in [5.74, 6) is 0. The molecule has 2 heterocycles. The summed E-state index contributed by atoms with van der Waals surface area (Å²) >= 11 is 0. The van der Waals surface area contributed by atoms with Crippen LogP contribution in [0, 0.1) is 0 Å². The molecule has 1 aliphatic rings. The Balaban J connectivity index is 1.88. The van der Waals surface area contributed by atoms with Crippen molar-refractivity contribution in [3.63, 3.8) is 0 Å². The van der Waals surface area contributed by atoms with Crippen LogP contribution in [0.2, 0.25) is 0 Å². The molecule has 0 amide bonds. The first-order valence-corrected chi connectivity index (χ1v) is 7.54. The monoisotopic (exact) mass is 282 g/mol. The van der Waals surface area contributed by atoms with Gasteiger partial charge in [-0.05, 0) is 12.8 Å². The van der Waals surface area contributed by atoms with Crippen LogP contribution in [0.1, 0.15) is 12.8 Å². The quantitative estimate of drug-likeness (QED) is 0.838. The van der Waals surface area contributed by atoms with Crippen molar-refractivity contribution in [2.24, 2.45) is 0 Å². The molecule has 0 bridgehead atoms. The summed E-state index contributed by atoms with van der Waals surface area (Å²) in [6, 6.07) is 0. The van der Waals surface area contributed by atoms with Gasteiger partial charge in [-0.3, -0.25) is 4.68 Å². The highest BCUT2D eigenvalue weighted by molar-refractivity contribution is 7.90. The fourth-order valence-corrected chi connectivity index (χ4v) is 3.33. The van der Waals surface area contributed by atoms with E-state index in [4.69, 9.17) is 5.11 Å². The van der Waals surface area contributed by atoms with Gasteiger partial charge in [0.15, 0.2) is 0 Å². The molecule has 102 valence electrons. The Kier molecular flexibility index (Phi) is 2.90. The second-order valence-corrected chi connectivity index (χ2v) is 6.63. The average Bonchev–Trinajstić information content (AvgIpc) is 2.95. The van der Waals surface area contributed by atoms with E-state index in [1.54, 1.807) is 17.1 Å². The molecule has 0 radical (unpaired) electrons. The third kappa shape index (κ3) is 2.28. The molecule has 0 unspecified atom stereocenters. The maximum absolute atomic E-state index is 12.0. The minimum atomic E-state index is -3.32. The third-order valence-corrected chi connectivity index (χ3v) is 5.10. The van der Waals surface area contributed by atoms with E-state index in [9.17, 15) is 8.42 Å². The fourth-order valence-electron chi connectivity index (χ4n) is 1.85. The zero-order valence-corrected chi connectivity index (χ0v) is 11.0. The molecule has 2 aromatic rings. The molecule has 7 nitrogen and oxygen atoms in total. The number of hydrogen-bond donors (Lipinski definition) is 1. The number of aliphatic hydroxyl groups excluding tert-OH is 1. The number of rotatable bonds is 5. The Labute approximate surface area is 110 Å². The molecule has 2 aromatic heterocycles. The van der Waals surface area contributed by atoms with Crippen LogP contribution in [0.4, 0.5) is 0 Å². The molecule has 0 saturated heterocycles. The van der Waals surface area contributed by atoms with E-state index >= 15 is 0 Å². The van der Waals surface area contributed by atoms with Crippen molar-refractivity contribution in [3.05, 3.63) is 24.8 Å². The Morgan fingerprint density at radius 2 is 1.89 bits per heavy atom. The lowest BCUT2D eigenvalue weighted by Crippen LogP contribution is -2.17. The molecule has 0 atom stereocenters. The summed E-state index contributed by atoms with van der Waals surface area (Å²) in [5, 5.41) is 16.5. The molecule has 8 heteroatoms. The lowest BCUT2D eigenvalue weighted by atomic mass is 10.2. The van der Waals surface area contributed by atoms with Gasteiger partial charge in [0, 0.05) is 17.3 Å². The second kappa shape index (κ2) is 4.46. The van der Waals surface area contributed by atoms with E-state index in [1.165, 1.54) is 12.4 Å². The Morgan fingerprint density at radius 1 is 1.21 bits per heavy atom. The van der Waals surface area contributed by atoms with Gasteiger partial charge in [0.1, 0.15) is 0 Å². The van der Waals surface area contributed by atoms with Crippen molar-refractivity contribution in [2.75, 3.05) is 6.61 Å². The van der Waals surface area contributed by atoms with E-state index in [1.807, 2.05) is 0 Å². The topological polar surface area (TPSA) is 90.0 Å². The zero-order valence-electron chi connectivity index (χ0n) is 10.2. The van der Waals surface area contributed by atoms with Crippen molar-refractivity contribution in [3.8, 4) is 11.1 Å².